The van der Waals surface area contributed by atoms with Crippen LogP contribution in [0.2, 0.25) is 0 Å². The summed E-state index contributed by atoms with van der Waals surface area (Å²) in [5, 5.41) is 10.9. The van der Waals surface area contributed by atoms with E-state index in [0.29, 0.717) is 5.06 Å². The van der Waals surface area contributed by atoms with Crippen molar-refractivity contribution < 1.29 is 5.11 Å². The average Bonchev–Trinajstić information content (AvgIpc) is 2.41. The molecular formula is C9H7IOS. The number of fused-ring (bicyclic) bond motifs is 1. The van der Waals surface area contributed by atoms with Crippen LogP contribution in [0, 0.1) is 10.5 Å². The smallest absolute Gasteiger partial charge is 0.172 e. The topological polar surface area (TPSA) is 20.2 Å². The summed E-state index contributed by atoms with van der Waals surface area (Å²) in [6, 6.07) is 5.99. The molecule has 1 aromatic carbocycles. The Labute approximate surface area is 88.2 Å². The number of hydrogen-bond acceptors (Lipinski definition) is 2. The molecule has 0 saturated heterocycles. The Kier molecular flexibility index (Phi) is 2.00. The second kappa shape index (κ2) is 2.88. The third kappa shape index (κ3) is 1.21. The van der Waals surface area contributed by atoms with Crippen LogP contribution in [-0.4, -0.2) is 5.11 Å². The molecule has 0 bridgehead atoms. The van der Waals surface area contributed by atoms with E-state index in [4.69, 9.17) is 0 Å². The molecule has 0 aliphatic carbocycles. The van der Waals surface area contributed by atoms with Gasteiger partial charge >= 0.3 is 0 Å². The minimum atomic E-state index is 0.400. The van der Waals surface area contributed by atoms with Gasteiger partial charge in [-0.1, -0.05) is 17.4 Å². The lowest BCUT2D eigenvalue weighted by molar-refractivity contribution is 0.491. The summed E-state index contributed by atoms with van der Waals surface area (Å²) < 4.78 is 2.40. The van der Waals surface area contributed by atoms with Crippen molar-refractivity contribution >= 4 is 44.0 Å². The lowest BCUT2D eigenvalue weighted by Crippen LogP contribution is -1.74. The lowest BCUT2D eigenvalue weighted by Gasteiger charge is -1.96. The minimum absolute atomic E-state index is 0.400. The highest BCUT2D eigenvalue weighted by molar-refractivity contribution is 14.1. The number of thiophene rings is 1. The van der Waals surface area contributed by atoms with Gasteiger partial charge in [-0.2, -0.15) is 0 Å². The fourth-order valence-electron chi connectivity index (χ4n) is 1.21. The standard InChI is InChI=1S/C9H7IOS/c1-5-2-3-7(10)9-6(5)4-8(11)12-9/h2-4,11H,1H3. The predicted octanol–water partition coefficient (Wildman–Crippen LogP) is 3.52. The summed E-state index contributed by atoms with van der Waals surface area (Å²) in [6.07, 6.45) is 0. The molecule has 3 heteroatoms. The maximum atomic E-state index is 9.32. The lowest BCUT2D eigenvalue weighted by atomic mass is 10.2. The summed E-state index contributed by atoms with van der Waals surface area (Å²) in [4.78, 5) is 0. The first-order valence-corrected chi connectivity index (χ1v) is 5.45. The molecule has 0 atom stereocenters. The van der Waals surface area contributed by atoms with E-state index < -0.39 is 0 Å². The summed E-state index contributed by atoms with van der Waals surface area (Å²) in [5.41, 5.74) is 1.22. The normalized spacial score (nSPS) is 10.8. The van der Waals surface area contributed by atoms with Crippen molar-refractivity contribution in [3.05, 3.63) is 27.3 Å². The van der Waals surface area contributed by atoms with E-state index >= 15 is 0 Å². The highest BCUT2D eigenvalue weighted by atomic mass is 127. The predicted molar refractivity (Wildman–Crippen MR) is 60.9 cm³/mol. The van der Waals surface area contributed by atoms with Gasteiger partial charge in [-0.3, -0.25) is 0 Å². The zero-order chi connectivity index (χ0) is 8.72. The van der Waals surface area contributed by atoms with Crippen molar-refractivity contribution in [2.45, 2.75) is 6.92 Å². The van der Waals surface area contributed by atoms with E-state index in [1.54, 1.807) is 0 Å². The van der Waals surface area contributed by atoms with Crippen molar-refractivity contribution in [3.8, 4) is 5.06 Å². The molecule has 2 rings (SSSR count). The zero-order valence-corrected chi connectivity index (χ0v) is 9.44. The van der Waals surface area contributed by atoms with E-state index in [1.807, 2.05) is 6.07 Å². The SMILES string of the molecule is Cc1ccc(I)c2sc(O)cc12. The van der Waals surface area contributed by atoms with Gasteiger partial charge in [0.15, 0.2) is 5.06 Å². The molecule has 1 heterocycles. The molecule has 1 nitrogen and oxygen atoms in total. The Balaban J connectivity index is 2.93. The third-order valence-electron chi connectivity index (χ3n) is 1.84. The fraction of sp³-hybridized carbons (Fsp3) is 0.111. The summed E-state index contributed by atoms with van der Waals surface area (Å²) in [6.45, 7) is 2.06. The van der Waals surface area contributed by atoms with Gasteiger partial charge < -0.3 is 5.11 Å². The van der Waals surface area contributed by atoms with Gasteiger partial charge in [0.05, 0.1) is 4.70 Å². The van der Waals surface area contributed by atoms with Gasteiger partial charge in [0, 0.05) is 8.96 Å². The van der Waals surface area contributed by atoms with Gasteiger partial charge in [0.1, 0.15) is 0 Å². The average molecular weight is 290 g/mol. The molecule has 62 valence electrons. The first-order chi connectivity index (χ1) is 5.68. The minimum Gasteiger partial charge on any atom is -0.499 e. The number of aromatic hydroxyl groups is 1. The van der Waals surface area contributed by atoms with Gasteiger partial charge in [0.25, 0.3) is 0 Å². The quantitative estimate of drug-likeness (QED) is 0.736. The number of rotatable bonds is 0. The molecule has 0 saturated carbocycles. The number of hydrogen-bond donors (Lipinski definition) is 1. The molecule has 0 amide bonds. The number of halogens is 1. The Morgan fingerprint density at radius 3 is 2.83 bits per heavy atom. The number of benzene rings is 1. The van der Waals surface area contributed by atoms with Gasteiger partial charge in [0.2, 0.25) is 0 Å². The third-order valence-corrected chi connectivity index (χ3v) is 4.08. The molecule has 1 N–H and O–H groups in total. The van der Waals surface area contributed by atoms with Crippen LogP contribution in [0.4, 0.5) is 0 Å². The van der Waals surface area contributed by atoms with Crippen LogP contribution < -0.4 is 0 Å². The maximum Gasteiger partial charge on any atom is 0.172 e. The van der Waals surface area contributed by atoms with E-state index in [1.165, 1.54) is 30.6 Å². The monoisotopic (exact) mass is 290 g/mol. The molecule has 12 heavy (non-hydrogen) atoms. The van der Waals surface area contributed by atoms with Crippen LogP contribution in [0.1, 0.15) is 5.56 Å². The molecule has 2 aromatic rings. The summed E-state index contributed by atoms with van der Waals surface area (Å²) in [7, 11) is 0. The Hall–Kier alpha value is -0.290. The summed E-state index contributed by atoms with van der Waals surface area (Å²) >= 11 is 3.73. The largest absolute Gasteiger partial charge is 0.499 e. The molecule has 0 aliphatic heterocycles. The van der Waals surface area contributed by atoms with E-state index in [-0.39, 0.29) is 0 Å². The van der Waals surface area contributed by atoms with Gasteiger partial charge in [-0.15, -0.1) is 0 Å². The van der Waals surface area contributed by atoms with Crippen molar-refractivity contribution in [2.75, 3.05) is 0 Å². The molecular weight excluding hydrogens is 283 g/mol. The summed E-state index contributed by atoms with van der Waals surface area (Å²) in [5.74, 6) is 0. The Bertz CT molecular complexity index is 394. The second-order valence-corrected chi connectivity index (χ2v) is 4.88. The van der Waals surface area contributed by atoms with E-state index in [9.17, 15) is 5.11 Å². The fourth-order valence-corrected chi connectivity index (χ4v) is 2.89. The highest BCUT2D eigenvalue weighted by Gasteiger charge is 2.05. The van der Waals surface area contributed by atoms with E-state index in [0.717, 1.165) is 0 Å². The second-order valence-electron chi connectivity index (χ2n) is 2.69. The number of aryl methyl sites for hydroxylation is 1. The van der Waals surface area contributed by atoms with E-state index in [2.05, 4.69) is 41.6 Å². The molecule has 0 spiro atoms. The molecule has 0 radical (unpaired) electrons. The maximum absolute atomic E-state index is 9.32. The van der Waals surface area contributed by atoms with Crippen molar-refractivity contribution in [1.82, 2.24) is 0 Å². The van der Waals surface area contributed by atoms with Crippen LogP contribution in [0.3, 0.4) is 0 Å². The van der Waals surface area contributed by atoms with Crippen LogP contribution in [-0.2, 0) is 0 Å². The Morgan fingerprint density at radius 1 is 1.42 bits per heavy atom. The zero-order valence-electron chi connectivity index (χ0n) is 6.47. The van der Waals surface area contributed by atoms with Crippen LogP contribution >= 0.6 is 33.9 Å². The van der Waals surface area contributed by atoms with Crippen LogP contribution in [0.15, 0.2) is 18.2 Å². The Morgan fingerprint density at radius 2 is 2.17 bits per heavy atom. The van der Waals surface area contributed by atoms with Crippen LogP contribution in [0.5, 0.6) is 5.06 Å². The molecule has 0 aliphatic rings. The highest BCUT2D eigenvalue weighted by Crippen LogP contribution is 2.35. The van der Waals surface area contributed by atoms with Gasteiger partial charge in [-0.05, 0) is 47.2 Å². The van der Waals surface area contributed by atoms with Crippen LogP contribution in [0.25, 0.3) is 10.1 Å². The molecule has 0 fully saturated rings. The first kappa shape index (κ1) is 8.31. The first-order valence-electron chi connectivity index (χ1n) is 3.56. The molecule has 0 unspecified atom stereocenters. The molecule has 1 aromatic heterocycles. The van der Waals surface area contributed by atoms with Crippen molar-refractivity contribution in [3.63, 3.8) is 0 Å². The van der Waals surface area contributed by atoms with Crippen molar-refractivity contribution in [2.24, 2.45) is 0 Å². The van der Waals surface area contributed by atoms with Crippen molar-refractivity contribution in [1.29, 1.82) is 0 Å². The van der Waals surface area contributed by atoms with Gasteiger partial charge in [-0.25, -0.2) is 0 Å².